The van der Waals surface area contributed by atoms with E-state index in [9.17, 15) is 0 Å². The highest BCUT2D eigenvalue weighted by molar-refractivity contribution is 5.75. The van der Waals surface area contributed by atoms with Crippen molar-refractivity contribution in [2.75, 3.05) is 18.0 Å². The van der Waals surface area contributed by atoms with Crippen molar-refractivity contribution < 1.29 is 0 Å². The fourth-order valence-corrected chi connectivity index (χ4v) is 2.53. The van der Waals surface area contributed by atoms with Gasteiger partial charge in [-0.15, -0.1) is 0 Å². The first-order valence-corrected chi connectivity index (χ1v) is 6.75. The SMILES string of the molecule is C=CC1=C(C=C)CN(c2cnc3ccccc3n2)CC1. The van der Waals surface area contributed by atoms with Gasteiger partial charge >= 0.3 is 0 Å². The van der Waals surface area contributed by atoms with Crippen LogP contribution in [0.15, 0.2) is 66.9 Å². The monoisotopic (exact) mass is 263 g/mol. The topological polar surface area (TPSA) is 29.0 Å². The van der Waals surface area contributed by atoms with E-state index in [1.54, 1.807) is 0 Å². The van der Waals surface area contributed by atoms with E-state index in [2.05, 4.69) is 23.0 Å². The summed E-state index contributed by atoms with van der Waals surface area (Å²) in [6.07, 6.45) is 6.67. The second-order valence-corrected chi connectivity index (χ2v) is 4.85. The highest BCUT2D eigenvalue weighted by Gasteiger charge is 2.17. The molecular weight excluding hydrogens is 246 g/mol. The molecule has 0 atom stereocenters. The lowest BCUT2D eigenvalue weighted by Gasteiger charge is -2.29. The molecule has 0 radical (unpaired) electrons. The predicted molar refractivity (Wildman–Crippen MR) is 83.8 cm³/mol. The molecule has 20 heavy (non-hydrogen) atoms. The van der Waals surface area contributed by atoms with Crippen LogP contribution in [0, 0.1) is 0 Å². The van der Waals surface area contributed by atoms with E-state index in [0.29, 0.717) is 0 Å². The Labute approximate surface area is 119 Å². The van der Waals surface area contributed by atoms with Gasteiger partial charge in [0.25, 0.3) is 0 Å². The highest BCUT2D eigenvalue weighted by Crippen LogP contribution is 2.24. The van der Waals surface area contributed by atoms with Crippen molar-refractivity contribution in [2.24, 2.45) is 0 Å². The third-order valence-electron chi connectivity index (χ3n) is 3.68. The van der Waals surface area contributed by atoms with E-state index in [1.807, 2.05) is 42.6 Å². The van der Waals surface area contributed by atoms with Gasteiger partial charge in [-0.25, -0.2) is 4.98 Å². The van der Waals surface area contributed by atoms with Gasteiger partial charge in [0.1, 0.15) is 5.82 Å². The van der Waals surface area contributed by atoms with Crippen molar-refractivity contribution in [2.45, 2.75) is 6.42 Å². The van der Waals surface area contributed by atoms with Crippen LogP contribution >= 0.6 is 0 Å². The second kappa shape index (κ2) is 5.29. The molecule has 1 aromatic heterocycles. The average molecular weight is 263 g/mol. The molecule has 1 aliphatic rings. The van der Waals surface area contributed by atoms with Crippen LogP contribution in [0.1, 0.15) is 6.42 Å². The Morgan fingerprint density at radius 1 is 1.05 bits per heavy atom. The summed E-state index contributed by atoms with van der Waals surface area (Å²) in [6, 6.07) is 7.94. The molecule has 0 saturated heterocycles. The number of hydrogen-bond donors (Lipinski definition) is 0. The summed E-state index contributed by atoms with van der Waals surface area (Å²) in [5.74, 6) is 0.922. The van der Waals surface area contributed by atoms with Crippen LogP contribution in [0.5, 0.6) is 0 Å². The Hall–Kier alpha value is -2.42. The van der Waals surface area contributed by atoms with Gasteiger partial charge in [-0.3, -0.25) is 4.98 Å². The summed E-state index contributed by atoms with van der Waals surface area (Å²) < 4.78 is 0. The van der Waals surface area contributed by atoms with Crippen LogP contribution in [-0.4, -0.2) is 23.1 Å². The van der Waals surface area contributed by atoms with Crippen LogP contribution < -0.4 is 4.90 Å². The number of benzene rings is 1. The minimum absolute atomic E-state index is 0.817. The van der Waals surface area contributed by atoms with Crippen molar-refractivity contribution in [3.63, 3.8) is 0 Å². The number of nitrogens with zero attached hydrogens (tertiary/aromatic N) is 3. The first kappa shape index (κ1) is 12.6. The third-order valence-corrected chi connectivity index (χ3v) is 3.68. The molecule has 0 bridgehead atoms. The number of allylic oxidation sites excluding steroid dienone is 1. The molecule has 1 aromatic carbocycles. The molecule has 2 heterocycles. The molecule has 3 rings (SSSR count). The lowest BCUT2D eigenvalue weighted by atomic mass is 10.0. The van der Waals surface area contributed by atoms with Gasteiger partial charge in [-0.05, 0) is 29.7 Å². The van der Waals surface area contributed by atoms with E-state index in [-0.39, 0.29) is 0 Å². The smallest absolute Gasteiger partial charge is 0.148 e. The van der Waals surface area contributed by atoms with Gasteiger partial charge in [-0.1, -0.05) is 37.4 Å². The number of rotatable bonds is 3. The van der Waals surface area contributed by atoms with Crippen molar-refractivity contribution in [1.82, 2.24) is 9.97 Å². The Morgan fingerprint density at radius 2 is 1.80 bits per heavy atom. The Morgan fingerprint density at radius 3 is 2.55 bits per heavy atom. The standard InChI is InChI=1S/C17H17N3/c1-3-13-9-10-20(12-14(13)4-2)17-11-18-15-7-5-6-8-16(15)19-17/h3-8,11H,1-2,9-10,12H2. The summed E-state index contributed by atoms with van der Waals surface area (Å²) in [5, 5.41) is 0. The van der Waals surface area contributed by atoms with Gasteiger partial charge in [0.15, 0.2) is 0 Å². The zero-order chi connectivity index (χ0) is 13.9. The van der Waals surface area contributed by atoms with E-state index in [0.717, 1.165) is 36.4 Å². The van der Waals surface area contributed by atoms with E-state index < -0.39 is 0 Å². The van der Waals surface area contributed by atoms with Gasteiger partial charge in [-0.2, -0.15) is 0 Å². The Bertz CT molecular complexity index is 700. The van der Waals surface area contributed by atoms with Crippen molar-refractivity contribution in [3.05, 3.63) is 66.9 Å². The van der Waals surface area contributed by atoms with Gasteiger partial charge in [0, 0.05) is 13.1 Å². The first-order chi connectivity index (χ1) is 9.81. The molecule has 0 spiro atoms. The molecular formula is C17H17N3. The van der Waals surface area contributed by atoms with Crippen molar-refractivity contribution in [3.8, 4) is 0 Å². The lowest BCUT2D eigenvalue weighted by Crippen LogP contribution is -2.31. The molecule has 0 amide bonds. The number of hydrogen-bond acceptors (Lipinski definition) is 3. The van der Waals surface area contributed by atoms with E-state index in [1.165, 1.54) is 11.1 Å². The molecule has 100 valence electrons. The molecule has 0 saturated carbocycles. The maximum Gasteiger partial charge on any atom is 0.148 e. The molecule has 0 unspecified atom stereocenters. The summed E-state index contributed by atoms with van der Waals surface area (Å²) in [7, 11) is 0. The van der Waals surface area contributed by atoms with Crippen LogP contribution in [0.4, 0.5) is 5.82 Å². The Balaban J connectivity index is 1.94. The van der Waals surface area contributed by atoms with Crippen molar-refractivity contribution >= 4 is 16.9 Å². The molecule has 0 aliphatic carbocycles. The Kier molecular flexibility index (Phi) is 3.33. The summed E-state index contributed by atoms with van der Waals surface area (Å²) in [5.41, 5.74) is 4.37. The van der Waals surface area contributed by atoms with E-state index >= 15 is 0 Å². The molecule has 1 aliphatic heterocycles. The van der Waals surface area contributed by atoms with Crippen LogP contribution in [0.25, 0.3) is 11.0 Å². The summed E-state index contributed by atoms with van der Waals surface area (Å²) in [6.45, 7) is 9.51. The number of anilines is 1. The normalized spacial score (nSPS) is 15.5. The van der Waals surface area contributed by atoms with Gasteiger partial charge in [0.2, 0.25) is 0 Å². The van der Waals surface area contributed by atoms with E-state index in [4.69, 9.17) is 4.98 Å². The first-order valence-electron chi connectivity index (χ1n) is 6.75. The zero-order valence-corrected chi connectivity index (χ0v) is 11.4. The van der Waals surface area contributed by atoms with Crippen molar-refractivity contribution in [1.29, 1.82) is 0 Å². The van der Waals surface area contributed by atoms with Gasteiger partial charge < -0.3 is 4.90 Å². The molecule has 3 nitrogen and oxygen atoms in total. The third kappa shape index (κ3) is 2.23. The van der Waals surface area contributed by atoms with Crippen LogP contribution in [-0.2, 0) is 0 Å². The summed E-state index contributed by atoms with van der Waals surface area (Å²) >= 11 is 0. The number of fused-ring (bicyclic) bond motifs is 1. The fraction of sp³-hybridized carbons (Fsp3) is 0.176. The molecule has 0 N–H and O–H groups in total. The predicted octanol–water partition coefficient (Wildman–Crippen LogP) is 3.51. The minimum atomic E-state index is 0.817. The maximum absolute atomic E-state index is 4.70. The zero-order valence-electron chi connectivity index (χ0n) is 11.4. The highest BCUT2D eigenvalue weighted by atomic mass is 15.2. The van der Waals surface area contributed by atoms with Gasteiger partial charge in [0.05, 0.1) is 17.2 Å². The van der Waals surface area contributed by atoms with Crippen LogP contribution in [0.2, 0.25) is 0 Å². The molecule has 3 heteroatoms. The molecule has 2 aromatic rings. The quantitative estimate of drug-likeness (QED) is 0.848. The maximum atomic E-state index is 4.70. The average Bonchev–Trinajstić information content (AvgIpc) is 2.53. The largest absolute Gasteiger partial charge is 0.351 e. The second-order valence-electron chi connectivity index (χ2n) is 4.85. The summed E-state index contributed by atoms with van der Waals surface area (Å²) in [4.78, 5) is 11.4. The number of para-hydroxylation sites is 2. The fourth-order valence-electron chi connectivity index (χ4n) is 2.53. The molecule has 0 fully saturated rings. The minimum Gasteiger partial charge on any atom is -0.351 e. The lowest BCUT2D eigenvalue weighted by molar-refractivity contribution is 0.769. The number of aromatic nitrogens is 2. The van der Waals surface area contributed by atoms with Crippen LogP contribution in [0.3, 0.4) is 0 Å².